The van der Waals surface area contributed by atoms with Crippen molar-refractivity contribution in [3.63, 3.8) is 0 Å². The maximum atomic E-state index is 5.64. The highest BCUT2D eigenvalue weighted by Crippen LogP contribution is 2.17. The molecule has 3 heterocycles. The Morgan fingerprint density at radius 2 is 2.00 bits per heavy atom. The number of nitrogen functional groups attached to an aromatic ring is 1. The summed E-state index contributed by atoms with van der Waals surface area (Å²) < 4.78 is 1.67. The van der Waals surface area contributed by atoms with Crippen LogP contribution in [0.25, 0.3) is 16.9 Å². The zero-order valence-electron chi connectivity index (χ0n) is 8.41. The molecule has 0 spiro atoms. The normalized spacial score (nSPS) is 10.8. The van der Waals surface area contributed by atoms with Gasteiger partial charge >= 0.3 is 0 Å². The predicted octanol–water partition coefficient (Wildman–Crippen LogP) is 1.37. The van der Waals surface area contributed by atoms with Crippen molar-refractivity contribution in [2.75, 3.05) is 5.73 Å². The fourth-order valence-electron chi connectivity index (χ4n) is 1.55. The molecule has 0 unspecified atom stereocenters. The van der Waals surface area contributed by atoms with Gasteiger partial charge in [-0.1, -0.05) is 0 Å². The molecule has 3 aromatic rings. The second-order valence-electron chi connectivity index (χ2n) is 3.46. The first kappa shape index (κ1) is 8.84. The van der Waals surface area contributed by atoms with Crippen LogP contribution in [-0.4, -0.2) is 19.6 Å². The molecule has 16 heavy (non-hydrogen) atoms. The maximum Gasteiger partial charge on any atom is 0.155 e. The van der Waals surface area contributed by atoms with E-state index >= 15 is 0 Å². The van der Waals surface area contributed by atoms with Crippen molar-refractivity contribution < 1.29 is 0 Å². The maximum absolute atomic E-state index is 5.64. The number of hydrogen-bond donors (Lipinski definition) is 1. The Hall–Kier alpha value is -2.43. The Morgan fingerprint density at radius 1 is 1.19 bits per heavy atom. The summed E-state index contributed by atoms with van der Waals surface area (Å²) in [5.41, 5.74) is 8.89. The van der Waals surface area contributed by atoms with Crippen molar-refractivity contribution >= 4 is 11.3 Å². The summed E-state index contributed by atoms with van der Waals surface area (Å²) in [6, 6.07) is 5.73. The number of anilines is 1. The quantitative estimate of drug-likeness (QED) is 0.660. The molecule has 0 radical (unpaired) electrons. The molecule has 0 aliphatic rings. The molecule has 0 aromatic carbocycles. The van der Waals surface area contributed by atoms with E-state index in [1.165, 1.54) is 0 Å². The Bertz CT molecular complexity index is 629. The Morgan fingerprint density at radius 3 is 2.81 bits per heavy atom. The Kier molecular flexibility index (Phi) is 1.83. The third-order valence-electron chi connectivity index (χ3n) is 2.31. The van der Waals surface area contributed by atoms with Gasteiger partial charge in [-0.15, -0.1) is 0 Å². The lowest BCUT2D eigenvalue weighted by molar-refractivity contribution is 0.946. The van der Waals surface area contributed by atoms with Crippen LogP contribution < -0.4 is 5.73 Å². The molecule has 0 amide bonds. The number of hydrogen-bond acceptors (Lipinski definition) is 4. The van der Waals surface area contributed by atoms with Crippen molar-refractivity contribution in [2.45, 2.75) is 0 Å². The third kappa shape index (κ3) is 1.38. The second kappa shape index (κ2) is 3.30. The average molecular weight is 211 g/mol. The molecule has 5 nitrogen and oxygen atoms in total. The standard InChI is InChI=1S/C11H9N5/c12-9-6-14-11-5-10(15-16(11)7-9)8-1-3-13-4-2-8/h1-7H,12H2. The van der Waals surface area contributed by atoms with E-state index in [1.807, 2.05) is 18.2 Å². The fraction of sp³-hybridized carbons (Fsp3) is 0. The highest BCUT2D eigenvalue weighted by atomic mass is 15.2. The second-order valence-corrected chi connectivity index (χ2v) is 3.46. The van der Waals surface area contributed by atoms with Crippen LogP contribution in [0.2, 0.25) is 0 Å². The van der Waals surface area contributed by atoms with Gasteiger partial charge in [0.15, 0.2) is 5.65 Å². The number of rotatable bonds is 1. The zero-order chi connectivity index (χ0) is 11.0. The van der Waals surface area contributed by atoms with E-state index < -0.39 is 0 Å². The molecule has 0 saturated heterocycles. The average Bonchev–Trinajstić information content (AvgIpc) is 2.73. The van der Waals surface area contributed by atoms with Gasteiger partial charge in [-0.3, -0.25) is 4.98 Å². The van der Waals surface area contributed by atoms with Gasteiger partial charge in [0.2, 0.25) is 0 Å². The molecule has 0 saturated carbocycles. The Balaban J connectivity index is 2.19. The molecule has 0 fully saturated rings. The van der Waals surface area contributed by atoms with Crippen molar-refractivity contribution in [3.8, 4) is 11.3 Å². The van der Waals surface area contributed by atoms with Gasteiger partial charge in [-0.05, 0) is 12.1 Å². The Labute approximate surface area is 91.6 Å². The molecule has 0 aliphatic heterocycles. The van der Waals surface area contributed by atoms with E-state index in [-0.39, 0.29) is 0 Å². The van der Waals surface area contributed by atoms with Crippen molar-refractivity contribution in [1.29, 1.82) is 0 Å². The van der Waals surface area contributed by atoms with Crippen LogP contribution in [0.15, 0.2) is 43.0 Å². The van der Waals surface area contributed by atoms with Crippen LogP contribution in [0.5, 0.6) is 0 Å². The number of aromatic nitrogens is 4. The molecular formula is C11H9N5. The summed E-state index contributed by atoms with van der Waals surface area (Å²) in [4.78, 5) is 8.16. The van der Waals surface area contributed by atoms with E-state index in [4.69, 9.17) is 5.73 Å². The number of fused-ring (bicyclic) bond motifs is 1. The van der Waals surface area contributed by atoms with E-state index in [9.17, 15) is 0 Å². The third-order valence-corrected chi connectivity index (χ3v) is 2.31. The van der Waals surface area contributed by atoms with Crippen LogP contribution in [0.1, 0.15) is 0 Å². The number of pyridine rings is 1. The lowest BCUT2D eigenvalue weighted by Crippen LogP contribution is -1.93. The van der Waals surface area contributed by atoms with Crippen molar-refractivity contribution in [1.82, 2.24) is 19.6 Å². The fourth-order valence-corrected chi connectivity index (χ4v) is 1.55. The molecular weight excluding hydrogens is 202 g/mol. The summed E-state index contributed by atoms with van der Waals surface area (Å²) in [6.45, 7) is 0. The van der Waals surface area contributed by atoms with Crippen molar-refractivity contribution in [3.05, 3.63) is 43.0 Å². The minimum Gasteiger partial charge on any atom is -0.396 e. The molecule has 3 aromatic heterocycles. The first-order valence-electron chi connectivity index (χ1n) is 4.84. The number of nitrogens with two attached hydrogens (primary N) is 1. The minimum atomic E-state index is 0.594. The molecule has 3 rings (SSSR count). The first-order valence-corrected chi connectivity index (χ1v) is 4.84. The van der Waals surface area contributed by atoms with Crippen LogP contribution in [0.4, 0.5) is 5.69 Å². The SMILES string of the molecule is Nc1cnc2cc(-c3ccncc3)nn2c1. The molecule has 0 atom stereocenters. The van der Waals surface area contributed by atoms with Gasteiger partial charge in [-0.25, -0.2) is 9.50 Å². The summed E-state index contributed by atoms with van der Waals surface area (Å²) in [5.74, 6) is 0. The van der Waals surface area contributed by atoms with Crippen LogP contribution in [0, 0.1) is 0 Å². The molecule has 0 bridgehead atoms. The van der Waals surface area contributed by atoms with Crippen molar-refractivity contribution in [2.24, 2.45) is 0 Å². The van der Waals surface area contributed by atoms with E-state index in [0.717, 1.165) is 16.9 Å². The van der Waals surface area contributed by atoms with Crippen LogP contribution >= 0.6 is 0 Å². The summed E-state index contributed by atoms with van der Waals surface area (Å²) in [5, 5.41) is 4.39. The van der Waals surface area contributed by atoms with Crippen LogP contribution in [-0.2, 0) is 0 Å². The van der Waals surface area contributed by atoms with Gasteiger partial charge in [0.1, 0.15) is 0 Å². The molecule has 5 heteroatoms. The van der Waals surface area contributed by atoms with Gasteiger partial charge in [0, 0.05) is 24.0 Å². The topological polar surface area (TPSA) is 69.1 Å². The first-order chi connectivity index (χ1) is 7.83. The van der Waals surface area contributed by atoms with Gasteiger partial charge in [0.05, 0.1) is 23.8 Å². The predicted molar refractivity (Wildman–Crippen MR) is 60.6 cm³/mol. The van der Waals surface area contributed by atoms with E-state index in [2.05, 4.69) is 15.1 Å². The molecule has 0 aliphatic carbocycles. The lowest BCUT2D eigenvalue weighted by Gasteiger charge is -1.93. The lowest BCUT2D eigenvalue weighted by atomic mass is 10.2. The van der Waals surface area contributed by atoms with E-state index in [0.29, 0.717) is 5.69 Å². The smallest absolute Gasteiger partial charge is 0.155 e. The number of nitrogens with zero attached hydrogens (tertiary/aromatic N) is 4. The summed E-state index contributed by atoms with van der Waals surface area (Å²) in [6.07, 6.45) is 6.84. The van der Waals surface area contributed by atoms with Gasteiger partial charge in [-0.2, -0.15) is 5.10 Å². The summed E-state index contributed by atoms with van der Waals surface area (Å²) >= 11 is 0. The van der Waals surface area contributed by atoms with Gasteiger partial charge in [0.25, 0.3) is 0 Å². The zero-order valence-corrected chi connectivity index (χ0v) is 8.41. The molecule has 2 N–H and O–H groups in total. The monoisotopic (exact) mass is 211 g/mol. The van der Waals surface area contributed by atoms with Crippen LogP contribution in [0.3, 0.4) is 0 Å². The van der Waals surface area contributed by atoms with Gasteiger partial charge < -0.3 is 5.73 Å². The molecule has 78 valence electrons. The summed E-state index contributed by atoms with van der Waals surface area (Å²) in [7, 11) is 0. The largest absolute Gasteiger partial charge is 0.396 e. The highest BCUT2D eigenvalue weighted by Gasteiger charge is 2.04. The van der Waals surface area contributed by atoms with E-state index in [1.54, 1.807) is 29.3 Å². The minimum absolute atomic E-state index is 0.594. The highest BCUT2D eigenvalue weighted by molar-refractivity contribution is 5.63.